The van der Waals surface area contributed by atoms with Crippen molar-refractivity contribution in [2.24, 2.45) is 7.05 Å². The molecule has 0 aliphatic carbocycles. The van der Waals surface area contributed by atoms with Crippen LogP contribution in [0.1, 0.15) is 31.3 Å². The van der Waals surface area contributed by atoms with E-state index in [0.29, 0.717) is 11.6 Å². The van der Waals surface area contributed by atoms with Crippen LogP contribution >= 0.6 is 0 Å². The van der Waals surface area contributed by atoms with Crippen LogP contribution < -0.4 is 0 Å². The van der Waals surface area contributed by atoms with Gasteiger partial charge in [-0.3, -0.25) is 0 Å². The van der Waals surface area contributed by atoms with Gasteiger partial charge in [0, 0.05) is 7.05 Å². The summed E-state index contributed by atoms with van der Waals surface area (Å²) >= 11 is 0. The van der Waals surface area contributed by atoms with Gasteiger partial charge in [-0.1, -0.05) is 19.1 Å². The molecule has 0 fully saturated rings. The lowest BCUT2D eigenvalue weighted by molar-refractivity contribution is 0.723. The molecule has 0 saturated heterocycles. The Balaban J connectivity index is 2.83. The Morgan fingerprint density at radius 3 is 2.57 bits per heavy atom. The molecule has 0 spiro atoms. The van der Waals surface area contributed by atoms with Gasteiger partial charge in [0.25, 0.3) is 0 Å². The Labute approximate surface area is 82.2 Å². The van der Waals surface area contributed by atoms with E-state index >= 15 is 0 Å². The van der Waals surface area contributed by atoms with Crippen molar-refractivity contribution >= 4 is 11.2 Å². The molecule has 5 nitrogen and oxygen atoms in total. The molecule has 2 heterocycles. The Hall–Kier alpha value is -1.52. The molecule has 0 aliphatic heterocycles. The molecule has 0 unspecified atom stereocenters. The fraction of sp³-hybridized carbons (Fsp3) is 0.556. The van der Waals surface area contributed by atoms with Gasteiger partial charge in [0.15, 0.2) is 0 Å². The minimum absolute atomic E-state index is 0.358. The quantitative estimate of drug-likeness (QED) is 0.679. The lowest BCUT2D eigenvalue weighted by atomic mass is 10.1. The maximum Gasteiger partial charge on any atom is 0.205 e. The molecule has 0 bridgehead atoms. The van der Waals surface area contributed by atoms with Crippen LogP contribution in [-0.2, 0) is 7.05 Å². The van der Waals surface area contributed by atoms with Gasteiger partial charge in [0.1, 0.15) is 11.3 Å². The SMILES string of the molecule is Cc1nc(C(C)C)c2c(nnn2C)n1. The van der Waals surface area contributed by atoms with Crippen molar-refractivity contribution in [3.05, 3.63) is 11.5 Å². The van der Waals surface area contributed by atoms with Gasteiger partial charge >= 0.3 is 0 Å². The standard InChI is InChI=1S/C9H13N5/c1-5(2)7-8-9(11-6(3)10-7)12-13-14(8)4/h5H,1-4H3. The molecule has 0 amide bonds. The molecular weight excluding hydrogens is 178 g/mol. The molecule has 2 aromatic rings. The summed E-state index contributed by atoms with van der Waals surface area (Å²) in [6.07, 6.45) is 0. The van der Waals surface area contributed by atoms with Gasteiger partial charge in [-0.05, 0) is 12.8 Å². The van der Waals surface area contributed by atoms with Crippen LogP contribution in [0.25, 0.3) is 11.2 Å². The van der Waals surface area contributed by atoms with Crippen LogP contribution in [-0.4, -0.2) is 25.0 Å². The van der Waals surface area contributed by atoms with Crippen molar-refractivity contribution in [1.29, 1.82) is 0 Å². The van der Waals surface area contributed by atoms with Crippen molar-refractivity contribution in [1.82, 2.24) is 25.0 Å². The largest absolute Gasteiger partial charge is 0.244 e. The van der Waals surface area contributed by atoms with E-state index in [9.17, 15) is 0 Å². The molecule has 14 heavy (non-hydrogen) atoms. The third kappa shape index (κ3) is 1.25. The van der Waals surface area contributed by atoms with Crippen LogP contribution in [0, 0.1) is 6.92 Å². The summed E-state index contributed by atoms with van der Waals surface area (Å²) < 4.78 is 1.73. The Morgan fingerprint density at radius 2 is 1.93 bits per heavy atom. The maximum atomic E-state index is 4.42. The van der Waals surface area contributed by atoms with Gasteiger partial charge in [0.2, 0.25) is 5.65 Å². The van der Waals surface area contributed by atoms with Crippen molar-refractivity contribution in [3.8, 4) is 0 Å². The number of nitrogens with zero attached hydrogens (tertiary/aromatic N) is 5. The number of hydrogen-bond donors (Lipinski definition) is 0. The van der Waals surface area contributed by atoms with E-state index in [1.54, 1.807) is 4.68 Å². The number of aromatic nitrogens is 5. The highest BCUT2D eigenvalue weighted by atomic mass is 15.4. The van der Waals surface area contributed by atoms with Crippen LogP contribution in [0.5, 0.6) is 0 Å². The molecule has 5 heteroatoms. The summed E-state index contributed by atoms with van der Waals surface area (Å²) in [5.41, 5.74) is 2.63. The number of rotatable bonds is 1. The molecule has 74 valence electrons. The molecule has 0 saturated carbocycles. The summed E-state index contributed by atoms with van der Waals surface area (Å²) in [6, 6.07) is 0. The summed E-state index contributed by atoms with van der Waals surface area (Å²) in [5, 5.41) is 7.93. The highest BCUT2D eigenvalue weighted by Gasteiger charge is 2.13. The fourth-order valence-corrected chi connectivity index (χ4v) is 1.51. The van der Waals surface area contributed by atoms with Crippen molar-refractivity contribution in [3.63, 3.8) is 0 Å². The van der Waals surface area contributed by atoms with E-state index in [1.165, 1.54) is 0 Å². The van der Waals surface area contributed by atoms with Gasteiger partial charge in [0.05, 0.1) is 5.69 Å². The van der Waals surface area contributed by atoms with Gasteiger partial charge < -0.3 is 0 Å². The third-order valence-corrected chi connectivity index (χ3v) is 2.15. The van der Waals surface area contributed by atoms with E-state index in [4.69, 9.17) is 0 Å². The van der Waals surface area contributed by atoms with Gasteiger partial charge in [-0.2, -0.15) is 0 Å². The fourth-order valence-electron chi connectivity index (χ4n) is 1.51. The number of aryl methyl sites for hydroxylation is 2. The zero-order valence-electron chi connectivity index (χ0n) is 8.81. The highest BCUT2D eigenvalue weighted by molar-refractivity contribution is 5.72. The molecule has 0 N–H and O–H groups in total. The Kier molecular flexibility index (Phi) is 1.94. The van der Waals surface area contributed by atoms with Gasteiger partial charge in [-0.15, -0.1) is 5.10 Å². The zero-order chi connectivity index (χ0) is 10.3. The first kappa shape index (κ1) is 9.05. The normalized spacial score (nSPS) is 11.5. The molecule has 0 radical (unpaired) electrons. The topological polar surface area (TPSA) is 56.5 Å². The second kappa shape index (κ2) is 3.01. The maximum absolute atomic E-state index is 4.42. The number of fused-ring (bicyclic) bond motifs is 1. The van der Waals surface area contributed by atoms with E-state index in [1.807, 2.05) is 14.0 Å². The molecular formula is C9H13N5. The number of hydrogen-bond acceptors (Lipinski definition) is 4. The second-order valence-electron chi connectivity index (χ2n) is 3.70. The molecule has 0 aliphatic rings. The average Bonchev–Trinajstić information content (AvgIpc) is 2.46. The van der Waals surface area contributed by atoms with Crippen molar-refractivity contribution in [2.45, 2.75) is 26.7 Å². The van der Waals surface area contributed by atoms with Crippen molar-refractivity contribution < 1.29 is 0 Å². The lowest BCUT2D eigenvalue weighted by Crippen LogP contribution is -2.02. The monoisotopic (exact) mass is 191 g/mol. The minimum atomic E-state index is 0.358. The van der Waals surface area contributed by atoms with Crippen LogP contribution in [0.3, 0.4) is 0 Å². The highest BCUT2D eigenvalue weighted by Crippen LogP contribution is 2.20. The summed E-state index contributed by atoms with van der Waals surface area (Å²) in [6.45, 7) is 6.09. The molecule has 2 rings (SSSR count). The van der Waals surface area contributed by atoms with Crippen molar-refractivity contribution in [2.75, 3.05) is 0 Å². The van der Waals surface area contributed by atoms with Crippen LogP contribution in [0.2, 0.25) is 0 Å². The first-order valence-electron chi connectivity index (χ1n) is 4.63. The summed E-state index contributed by atoms with van der Waals surface area (Å²) in [7, 11) is 1.86. The smallest absolute Gasteiger partial charge is 0.205 e. The molecule has 0 atom stereocenters. The van der Waals surface area contributed by atoms with E-state index in [-0.39, 0.29) is 0 Å². The van der Waals surface area contributed by atoms with Crippen LogP contribution in [0.4, 0.5) is 0 Å². The zero-order valence-corrected chi connectivity index (χ0v) is 8.81. The minimum Gasteiger partial charge on any atom is -0.244 e. The van der Waals surface area contributed by atoms with Gasteiger partial charge in [-0.25, -0.2) is 14.6 Å². The predicted molar refractivity (Wildman–Crippen MR) is 52.9 cm³/mol. The molecule has 0 aromatic carbocycles. The van der Waals surface area contributed by atoms with Crippen LogP contribution in [0.15, 0.2) is 0 Å². The first-order chi connectivity index (χ1) is 6.59. The average molecular weight is 191 g/mol. The molecule has 2 aromatic heterocycles. The van der Waals surface area contributed by atoms with E-state index in [2.05, 4.69) is 34.1 Å². The Bertz CT molecular complexity index is 471. The Morgan fingerprint density at radius 1 is 1.21 bits per heavy atom. The first-order valence-corrected chi connectivity index (χ1v) is 4.63. The van der Waals surface area contributed by atoms with E-state index < -0.39 is 0 Å². The lowest BCUT2D eigenvalue weighted by Gasteiger charge is -2.06. The summed E-state index contributed by atoms with van der Waals surface area (Å²) in [5.74, 6) is 1.11. The predicted octanol–water partition coefficient (Wildman–Crippen LogP) is 1.19. The second-order valence-corrected chi connectivity index (χ2v) is 3.70. The third-order valence-electron chi connectivity index (χ3n) is 2.15. The van der Waals surface area contributed by atoms with E-state index in [0.717, 1.165) is 17.0 Å². The summed E-state index contributed by atoms with van der Waals surface area (Å²) in [4.78, 5) is 8.66.